The van der Waals surface area contributed by atoms with E-state index in [4.69, 9.17) is 16.0 Å². The molecule has 0 bridgehead atoms. The minimum Gasteiger partial charge on any atom is -0.502 e. The highest BCUT2D eigenvalue weighted by Gasteiger charge is 2.17. The molecule has 3 aromatic carbocycles. The van der Waals surface area contributed by atoms with E-state index in [1.165, 1.54) is 12.3 Å². The van der Waals surface area contributed by atoms with E-state index in [9.17, 15) is 15.2 Å². The molecule has 9 heteroatoms. The SMILES string of the molecule is Cc1ccc(-c2nc3cc(N=Cc4cc(Cl)cc([N+](=O)[O-])c4O)ccc3o2)cc1Br. The number of halogens is 2. The number of hydrogen-bond donors (Lipinski definition) is 1. The first-order valence-corrected chi connectivity index (χ1v) is 9.87. The van der Waals surface area contributed by atoms with Crippen molar-refractivity contribution < 1.29 is 14.4 Å². The summed E-state index contributed by atoms with van der Waals surface area (Å²) >= 11 is 9.41. The van der Waals surface area contributed by atoms with Gasteiger partial charge >= 0.3 is 5.69 Å². The molecular weight excluding hydrogens is 474 g/mol. The predicted octanol–water partition coefficient (Wildman–Crippen LogP) is 6.58. The van der Waals surface area contributed by atoms with E-state index < -0.39 is 16.4 Å². The van der Waals surface area contributed by atoms with Gasteiger partial charge in [0.25, 0.3) is 0 Å². The molecule has 0 saturated carbocycles. The van der Waals surface area contributed by atoms with Crippen molar-refractivity contribution in [2.45, 2.75) is 6.92 Å². The third kappa shape index (κ3) is 3.92. The van der Waals surface area contributed by atoms with E-state index in [2.05, 4.69) is 25.9 Å². The van der Waals surface area contributed by atoms with Crippen molar-refractivity contribution in [1.82, 2.24) is 4.98 Å². The molecule has 4 rings (SSSR count). The van der Waals surface area contributed by atoms with Crippen LogP contribution in [0.1, 0.15) is 11.1 Å². The van der Waals surface area contributed by atoms with Gasteiger partial charge in [-0.3, -0.25) is 15.1 Å². The summed E-state index contributed by atoms with van der Waals surface area (Å²) in [6.45, 7) is 2.00. The summed E-state index contributed by atoms with van der Waals surface area (Å²) in [4.78, 5) is 19.1. The van der Waals surface area contributed by atoms with Crippen molar-refractivity contribution in [3.63, 3.8) is 0 Å². The number of aryl methyl sites for hydroxylation is 1. The molecule has 1 aromatic heterocycles. The summed E-state index contributed by atoms with van der Waals surface area (Å²) in [6, 6.07) is 13.5. The Labute approximate surface area is 183 Å². The monoisotopic (exact) mass is 485 g/mol. The summed E-state index contributed by atoms with van der Waals surface area (Å²) < 4.78 is 6.79. The van der Waals surface area contributed by atoms with Crippen LogP contribution in [0, 0.1) is 17.0 Å². The second-order valence-electron chi connectivity index (χ2n) is 6.51. The number of aromatic nitrogens is 1. The highest BCUT2D eigenvalue weighted by molar-refractivity contribution is 9.10. The molecular formula is C21H13BrClN3O4. The van der Waals surface area contributed by atoms with Gasteiger partial charge in [0.15, 0.2) is 5.58 Å². The first-order chi connectivity index (χ1) is 14.3. The number of hydrogen-bond acceptors (Lipinski definition) is 6. The van der Waals surface area contributed by atoms with Crippen LogP contribution in [0.5, 0.6) is 5.75 Å². The Hall–Kier alpha value is -3.23. The maximum atomic E-state index is 11.0. The number of aromatic hydroxyl groups is 1. The van der Waals surface area contributed by atoms with E-state index in [0.29, 0.717) is 22.7 Å². The van der Waals surface area contributed by atoms with Crippen LogP contribution in [0.15, 0.2) is 62.4 Å². The number of nitro groups is 1. The number of oxazole rings is 1. The quantitative estimate of drug-likeness (QED) is 0.199. The summed E-state index contributed by atoms with van der Waals surface area (Å²) in [5, 5.41) is 21.2. The highest BCUT2D eigenvalue weighted by atomic mass is 79.9. The molecule has 0 fully saturated rings. The molecule has 0 spiro atoms. The van der Waals surface area contributed by atoms with E-state index in [-0.39, 0.29) is 10.6 Å². The molecule has 0 aliphatic carbocycles. The number of phenolic OH excluding ortho intramolecular Hbond substituents is 1. The lowest BCUT2D eigenvalue weighted by molar-refractivity contribution is -0.385. The topological polar surface area (TPSA) is 102 Å². The van der Waals surface area contributed by atoms with E-state index >= 15 is 0 Å². The van der Waals surface area contributed by atoms with Gasteiger partial charge in [0, 0.05) is 32.9 Å². The van der Waals surface area contributed by atoms with Crippen molar-refractivity contribution in [2.24, 2.45) is 4.99 Å². The fourth-order valence-electron chi connectivity index (χ4n) is 2.83. The smallest absolute Gasteiger partial charge is 0.312 e. The minimum absolute atomic E-state index is 0.127. The van der Waals surface area contributed by atoms with E-state index in [0.717, 1.165) is 21.7 Å². The molecule has 4 aromatic rings. The van der Waals surface area contributed by atoms with Crippen LogP contribution in [0.3, 0.4) is 0 Å². The Kier molecular flexibility index (Phi) is 5.27. The molecule has 0 atom stereocenters. The second kappa shape index (κ2) is 7.89. The zero-order valence-corrected chi connectivity index (χ0v) is 17.8. The van der Waals surface area contributed by atoms with Crippen LogP contribution in [-0.4, -0.2) is 21.2 Å². The maximum Gasteiger partial charge on any atom is 0.312 e. The summed E-state index contributed by atoms with van der Waals surface area (Å²) in [5.41, 5.74) is 3.35. The summed E-state index contributed by atoms with van der Waals surface area (Å²) in [7, 11) is 0. The Bertz CT molecular complexity index is 1330. The number of fused-ring (bicyclic) bond motifs is 1. The lowest BCUT2D eigenvalue weighted by Gasteiger charge is -2.01. The van der Waals surface area contributed by atoms with Gasteiger partial charge in [0.05, 0.1) is 10.6 Å². The lowest BCUT2D eigenvalue weighted by Crippen LogP contribution is -1.92. The first kappa shape index (κ1) is 20.1. The molecule has 7 nitrogen and oxygen atoms in total. The number of phenols is 1. The fraction of sp³-hybridized carbons (Fsp3) is 0.0476. The van der Waals surface area contributed by atoms with Gasteiger partial charge in [-0.2, -0.15) is 0 Å². The van der Waals surface area contributed by atoms with Crippen LogP contribution in [0.4, 0.5) is 11.4 Å². The number of benzene rings is 3. The largest absolute Gasteiger partial charge is 0.502 e. The molecule has 0 amide bonds. The summed E-state index contributed by atoms with van der Waals surface area (Å²) in [6.07, 6.45) is 1.31. The van der Waals surface area contributed by atoms with Crippen LogP contribution in [0.25, 0.3) is 22.6 Å². The molecule has 0 saturated heterocycles. The van der Waals surface area contributed by atoms with Crippen molar-refractivity contribution >= 4 is 56.2 Å². The standard InChI is InChI=1S/C21H13BrClN3O4/c1-11-2-3-12(7-16(11)22)21-25-17-9-15(4-5-19(17)30-21)24-10-13-6-14(23)8-18(20(13)27)26(28)29/h2-10,27H,1H3. The molecule has 0 aliphatic rings. The minimum atomic E-state index is -0.703. The molecule has 1 heterocycles. The van der Waals surface area contributed by atoms with Crippen molar-refractivity contribution in [3.8, 4) is 17.2 Å². The molecule has 0 radical (unpaired) electrons. The Morgan fingerprint density at radius 2 is 2.03 bits per heavy atom. The Morgan fingerprint density at radius 1 is 1.23 bits per heavy atom. The third-order valence-corrected chi connectivity index (χ3v) is 5.50. The normalized spacial score (nSPS) is 11.4. The number of nitrogens with zero attached hydrogens (tertiary/aromatic N) is 3. The first-order valence-electron chi connectivity index (χ1n) is 8.70. The van der Waals surface area contributed by atoms with Gasteiger partial charge in [-0.25, -0.2) is 4.98 Å². The maximum absolute atomic E-state index is 11.0. The van der Waals surface area contributed by atoms with Gasteiger partial charge in [0.1, 0.15) is 5.52 Å². The third-order valence-electron chi connectivity index (χ3n) is 4.42. The fourth-order valence-corrected chi connectivity index (χ4v) is 3.43. The van der Waals surface area contributed by atoms with Gasteiger partial charge in [0.2, 0.25) is 11.6 Å². The molecule has 30 heavy (non-hydrogen) atoms. The molecule has 150 valence electrons. The summed E-state index contributed by atoms with van der Waals surface area (Å²) in [5.74, 6) is -0.0159. The molecule has 0 aliphatic heterocycles. The van der Waals surface area contributed by atoms with Gasteiger partial charge < -0.3 is 9.52 Å². The van der Waals surface area contributed by atoms with Gasteiger partial charge in [-0.1, -0.05) is 33.6 Å². The van der Waals surface area contributed by atoms with Crippen LogP contribution >= 0.6 is 27.5 Å². The average Bonchev–Trinajstić information content (AvgIpc) is 3.13. The number of rotatable bonds is 4. The Morgan fingerprint density at radius 3 is 2.77 bits per heavy atom. The van der Waals surface area contributed by atoms with Crippen LogP contribution in [0.2, 0.25) is 5.02 Å². The van der Waals surface area contributed by atoms with E-state index in [1.54, 1.807) is 18.2 Å². The number of nitro benzene ring substituents is 1. The number of aliphatic imine (C=N–C) groups is 1. The average molecular weight is 487 g/mol. The Balaban J connectivity index is 1.68. The second-order valence-corrected chi connectivity index (χ2v) is 7.80. The van der Waals surface area contributed by atoms with Crippen LogP contribution in [-0.2, 0) is 0 Å². The molecule has 0 unspecified atom stereocenters. The van der Waals surface area contributed by atoms with Crippen molar-refractivity contribution in [2.75, 3.05) is 0 Å². The predicted molar refractivity (Wildman–Crippen MR) is 119 cm³/mol. The van der Waals surface area contributed by atoms with Gasteiger partial charge in [-0.15, -0.1) is 0 Å². The molecule has 1 N–H and O–H groups in total. The lowest BCUT2D eigenvalue weighted by atomic mass is 10.1. The van der Waals surface area contributed by atoms with Crippen LogP contribution < -0.4 is 0 Å². The van der Waals surface area contributed by atoms with E-state index in [1.807, 2.05) is 25.1 Å². The zero-order valence-electron chi connectivity index (χ0n) is 15.5. The van der Waals surface area contributed by atoms with Crippen molar-refractivity contribution in [3.05, 3.63) is 79.3 Å². The van der Waals surface area contributed by atoms with Gasteiger partial charge in [-0.05, 0) is 48.9 Å². The zero-order chi connectivity index (χ0) is 21.4. The highest BCUT2D eigenvalue weighted by Crippen LogP contribution is 2.33. The van der Waals surface area contributed by atoms with Crippen molar-refractivity contribution in [1.29, 1.82) is 0 Å².